The molecule has 0 saturated heterocycles. The van der Waals surface area contributed by atoms with E-state index in [1.54, 1.807) is 23.1 Å². The molecule has 2 aromatic heterocycles. The molecule has 0 radical (unpaired) electrons. The van der Waals surface area contributed by atoms with Crippen LogP contribution in [0.3, 0.4) is 0 Å². The van der Waals surface area contributed by atoms with Crippen LogP contribution in [0.5, 0.6) is 0 Å². The molecule has 0 spiro atoms. The van der Waals surface area contributed by atoms with Gasteiger partial charge in [0.2, 0.25) is 0 Å². The molecule has 0 atom stereocenters. The molecule has 21 heavy (non-hydrogen) atoms. The molecule has 3 aromatic rings. The Kier molecular flexibility index (Phi) is 3.13. The summed E-state index contributed by atoms with van der Waals surface area (Å²) in [6, 6.07) is 3.62. The van der Waals surface area contributed by atoms with Gasteiger partial charge in [0, 0.05) is 24.5 Å². The van der Waals surface area contributed by atoms with Gasteiger partial charge in [0.15, 0.2) is 11.6 Å². The second kappa shape index (κ2) is 4.97. The maximum absolute atomic E-state index is 13.4. The van der Waals surface area contributed by atoms with Crippen molar-refractivity contribution in [3.63, 3.8) is 0 Å². The van der Waals surface area contributed by atoms with E-state index in [1.807, 2.05) is 0 Å². The predicted molar refractivity (Wildman–Crippen MR) is 68.6 cm³/mol. The topological polar surface area (TPSA) is 72.9 Å². The predicted octanol–water partition coefficient (Wildman–Crippen LogP) is 1.64. The van der Waals surface area contributed by atoms with Gasteiger partial charge in [-0.2, -0.15) is 5.10 Å². The Balaban J connectivity index is 2.15. The summed E-state index contributed by atoms with van der Waals surface area (Å²) < 4.78 is 29.5. The Bertz CT molecular complexity index is 811. The van der Waals surface area contributed by atoms with E-state index < -0.39 is 24.1 Å². The van der Waals surface area contributed by atoms with E-state index >= 15 is 0 Å². The van der Waals surface area contributed by atoms with Gasteiger partial charge in [-0.05, 0) is 6.07 Å². The summed E-state index contributed by atoms with van der Waals surface area (Å²) in [4.78, 5) is 15.2. The number of halogens is 2. The first-order chi connectivity index (χ1) is 10.0. The molecule has 2 heterocycles. The molecule has 0 aliphatic heterocycles. The van der Waals surface area contributed by atoms with Crippen molar-refractivity contribution in [1.29, 1.82) is 0 Å². The number of benzene rings is 1. The summed E-state index contributed by atoms with van der Waals surface area (Å²) in [6.45, 7) is -0.184. The van der Waals surface area contributed by atoms with Gasteiger partial charge in [-0.25, -0.2) is 13.8 Å². The highest BCUT2D eigenvalue weighted by molar-refractivity contribution is 5.78. The van der Waals surface area contributed by atoms with E-state index in [-0.39, 0.29) is 17.6 Å². The standard InChI is InChI=1S/C13H10F2N4O2/c14-8-4-10-11(5-9(8)15)19(7-13(20)21)12(17-10)6-18-3-1-2-16-18/h1-5H,6-7H2,(H,20,21). The Morgan fingerprint density at radius 3 is 2.71 bits per heavy atom. The lowest BCUT2D eigenvalue weighted by Crippen LogP contribution is -2.14. The molecule has 0 unspecified atom stereocenters. The van der Waals surface area contributed by atoms with Gasteiger partial charge < -0.3 is 9.67 Å². The van der Waals surface area contributed by atoms with Crippen molar-refractivity contribution in [2.75, 3.05) is 0 Å². The Morgan fingerprint density at radius 2 is 2.05 bits per heavy atom. The van der Waals surface area contributed by atoms with E-state index in [2.05, 4.69) is 10.1 Å². The van der Waals surface area contributed by atoms with Gasteiger partial charge in [-0.3, -0.25) is 9.48 Å². The molecule has 0 fully saturated rings. The number of aromatic nitrogens is 4. The first-order valence-electron chi connectivity index (χ1n) is 6.08. The quantitative estimate of drug-likeness (QED) is 0.793. The number of carboxylic acid groups (broad SMARTS) is 1. The maximum atomic E-state index is 13.4. The minimum Gasteiger partial charge on any atom is -0.480 e. The van der Waals surface area contributed by atoms with Crippen molar-refractivity contribution in [3.8, 4) is 0 Å². The van der Waals surface area contributed by atoms with Crippen LogP contribution in [-0.2, 0) is 17.9 Å². The fraction of sp³-hybridized carbons (Fsp3) is 0.154. The molecule has 0 saturated carbocycles. The number of imidazole rings is 1. The summed E-state index contributed by atoms with van der Waals surface area (Å²) in [6.07, 6.45) is 3.26. The van der Waals surface area contributed by atoms with Crippen LogP contribution >= 0.6 is 0 Å². The zero-order valence-corrected chi connectivity index (χ0v) is 10.7. The Labute approximate surface area is 117 Å². The molecule has 0 bridgehead atoms. The van der Waals surface area contributed by atoms with E-state index in [1.165, 1.54) is 4.57 Å². The second-order valence-electron chi connectivity index (χ2n) is 4.47. The van der Waals surface area contributed by atoms with Gasteiger partial charge >= 0.3 is 5.97 Å². The van der Waals surface area contributed by atoms with Crippen molar-refractivity contribution in [2.45, 2.75) is 13.1 Å². The van der Waals surface area contributed by atoms with Crippen LogP contribution in [0.2, 0.25) is 0 Å². The van der Waals surface area contributed by atoms with Crippen LogP contribution in [0, 0.1) is 11.6 Å². The number of carbonyl (C=O) groups is 1. The number of nitrogens with zero attached hydrogens (tertiary/aromatic N) is 4. The van der Waals surface area contributed by atoms with E-state index in [9.17, 15) is 13.6 Å². The smallest absolute Gasteiger partial charge is 0.323 e. The largest absolute Gasteiger partial charge is 0.480 e. The van der Waals surface area contributed by atoms with Crippen molar-refractivity contribution >= 4 is 17.0 Å². The number of hydrogen-bond acceptors (Lipinski definition) is 3. The zero-order chi connectivity index (χ0) is 15.0. The second-order valence-corrected chi connectivity index (χ2v) is 4.47. The van der Waals surface area contributed by atoms with Gasteiger partial charge in [0.1, 0.15) is 12.4 Å². The molecule has 3 rings (SSSR count). The summed E-state index contributed by atoms with van der Waals surface area (Å²) in [7, 11) is 0. The van der Waals surface area contributed by atoms with Crippen LogP contribution in [-0.4, -0.2) is 30.4 Å². The number of aliphatic carboxylic acids is 1. The summed E-state index contributed by atoms with van der Waals surface area (Å²) >= 11 is 0. The number of carboxylic acids is 1. The fourth-order valence-electron chi connectivity index (χ4n) is 2.14. The molecular formula is C13H10F2N4O2. The van der Waals surface area contributed by atoms with Gasteiger partial charge in [0.05, 0.1) is 17.6 Å². The van der Waals surface area contributed by atoms with E-state index in [0.717, 1.165) is 12.1 Å². The molecule has 108 valence electrons. The normalized spacial score (nSPS) is 11.1. The lowest BCUT2D eigenvalue weighted by atomic mass is 10.3. The average Bonchev–Trinajstić information content (AvgIpc) is 3.01. The summed E-state index contributed by atoms with van der Waals surface area (Å²) in [5, 5.41) is 13.0. The first-order valence-corrected chi connectivity index (χ1v) is 6.08. The zero-order valence-electron chi connectivity index (χ0n) is 10.7. The van der Waals surface area contributed by atoms with Crippen LogP contribution in [0.4, 0.5) is 8.78 Å². The maximum Gasteiger partial charge on any atom is 0.323 e. The van der Waals surface area contributed by atoms with E-state index in [4.69, 9.17) is 5.11 Å². The molecule has 1 N–H and O–H groups in total. The van der Waals surface area contributed by atoms with Crippen molar-refractivity contribution in [1.82, 2.24) is 19.3 Å². The van der Waals surface area contributed by atoms with Gasteiger partial charge in [-0.15, -0.1) is 0 Å². The van der Waals surface area contributed by atoms with Crippen LogP contribution in [0.1, 0.15) is 5.82 Å². The minimum absolute atomic E-state index is 0.206. The number of hydrogen-bond donors (Lipinski definition) is 1. The SMILES string of the molecule is O=C(O)Cn1c(Cn2cccn2)nc2cc(F)c(F)cc21. The molecule has 0 aliphatic carbocycles. The summed E-state index contributed by atoms with van der Waals surface area (Å²) in [5.74, 6) is -2.80. The van der Waals surface area contributed by atoms with Crippen molar-refractivity contribution in [2.24, 2.45) is 0 Å². The lowest BCUT2D eigenvalue weighted by molar-refractivity contribution is -0.137. The molecule has 0 aliphatic rings. The molecule has 1 aromatic carbocycles. The van der Waals surface area contributed by atoms with Gasteiger partial charge in [0.25, 0.3) is 0 Å². The number of rotatable bonds is 4. The monoisotopic (exact) mass is 292 g/mol. The van der Waals surface area contributed by atoms with Crippen LogP contribution in [0.25, 0.3) is 11.0 Å². The molecule has 8 heteroatoms. The van der Waals surface area contributed by atoms with Gasteiger partial charge in [-0.1, -0.05) is 0 Å². The average molecular weight is 292 g/mol. The molecule has 6 nitrogen and oxygen atoms in total. The molecule has 0 amide bonds. The summed E-state index contributed by atoms with van der Waals surface area (Å²) in [5.41, 5.74) is 0.441. The highest BCUT2D eigenvalue weighted by Gasteiger charge is 2.16. The number of fused-ring (bicyclic) bond motifs is 1. The Morgan fingerprint density at radius 1 is 1.29 bits per heavy atom. The minimum atomic E-state index is -1.10. The van der Waals surface area contributed by atoms with Crippen molar-refractivity contribution < 1.29 is 18.7 Å². The highest BCUT2D eigenvalue weighted by Crippen LogP contribution is 2.20. The fourth-order valence-corrected chi connectivity index (χ4v) is 2.14. The third-order valence-electron chi connectivity index (χ3n) is 3.03. The van der Waals surface area contributed by atoms with Crippen LogP contribution < -0.4 is 0 Å². The van der Waals surface area contributed by atoms with E-state index in [0.29, 0.717) is 5.82 Å². The van der Waals surface area contributed by atoms with Crippen molar-refractivity contribution in [3.05, 3.63) is 48.1 Å². The van der Waals surface area contributed by atoms with Crippen LogP contribution in [0.15, 0.2) is 30.6 Å². The Hall–Kier alpha value is -2.77. The highest BCUT2D eigenvalue weighted by atomic mass is 19.2. The first kappa shape index (κ1) is 13.2. The third kappa shape index (κ3) is 2.47. The third-order valence-corrected chi connectivity index (χ3v) is 3.03. The molecular weight excluding hydrogens is 282 g/mol. The lowest BCUT2D eigenvalue weighted by Gasteiger charge is -2.06.